The first kappa shape index (κ1) is 9.32. The summed E-state index contributed by atoms with van der Waals surface area (Å²) in [6, 6.07) is 0. The summed E-state index contributed by atoms with van der Waals surface area (Å²) in [5, 5.41) is 9.83. The van der Waals surface area contributed by atoms with Crippen LogP contribution in [0.15, 0.2) is 23.0 Å². The fourth-order valence-corrected chi connectivity index (χ4v) is 0.392. The van der Waals surface area contributed by atoms with Crippen LogP contribution in [0.25, 0.3) is 10.4 Å². The average Bonchev–Trinajstić information content (AvgIpc) is 2.05. The van der Waals surface area contributed by atoms with Gasteiger partial charge in [-0.05, 0) is 5.53 Å². The van der Waals surface area contributed by atoms with Crippen LogP contribution >= 0.6 is 0 Å². The van der Waals surface area contributed by atoms with Gasteiger partial charge in [0.1, 0.15) is 5.84 Å². The zero-order valence-corrected chi connectivity index (χ0v) is 6.28. The first-order valence-corrected chi connectivity index (χ1v) is 2.96. The van der Waals surface area contributed by atoms with Gasteiger partial charge < -0.3 is 5.32 Å². The molecule has 0 unspecified atom stereocenters. The van der Waals surface area contributed by atoms with Crippen LogP contribution in [0.5, 0.6) is 0 Å². The second kappa shape index (κ2) is 6.44. The van der Waals surface area contributed by atoms with Gasteiger partial charge in [0, 0.05) is 18.2 Å². The van der Waals surface area contributed by atoms with Gasteiger partial charge in [-0.15, -0.1) is 0 Å². The van der Waals surface area contributed by atoms with Crippen molar-refractivity contribution in [3.8, 4) is 0 Å². The van der Waals surface area contributed by atoms with Crippen molar-refractivity contribution in [1.29, 1.82) is 0 Å². The summed E-state index contributed by atoms with van der Waals surface area (Å²) in [6.45, 7) is 3.60. The van der Waals surface area contributed by atoms with Crippen molar-refractivity contribution in [2.75, 3.05) is 13.6 Å². The zero-order valence-electron chi connectivity index (χ0n) is 6.28. The monoisotopic (exact) mass is 154 g/mol. The van der Waals surface area contributed by atoms with Gasteiger partial charge in [-0.3, -0.25) is 5.43 Å². The van der Waals surface area contributed by atoms with E-state index in [1.165, 1.54) is 6.20 Å². The van der Waals surface area contributed by atoms with Gasteiger partial charge in [0.15, 0.2) is 0 Å². The molecule has 0 bridgehead atoms. The second-order valence-electron chi connectivity index (χ2n) is 1.53. The van der Waals surface area contributed by atoms with Crippen LogP contribution in [0.1, 0.15) is 0 Å². The third kappa shape index (κ3) is 4.80. The molecule has 0 aliphatic rings. The topological polar surface area (TPSA) is 85.2 Å². The Morgan fingerprint density at radius 2 is 2.55 bits per heavy atom. The summed E-state index contributed by atoms with van der Waals surface area (Å²) in [6.07, 6.45) is 1.42. The predicted molar refractivity (Wildman–Crippen MR) is 43.8 cm³/mol. The van der Waals surface area contributed by atoms with E-state index in [1.807, 2.05) is 0 Å². The molecule has 6 nitrogen and oxygen atoms in total. The molecule has 0 spiro atoms. The highest BCUT2D eigenvalue weighted by atomic mass is 15.3. The van der Waals surface area contributed by atoms with E-state index >= 15 is 0 Å². The molecule has 6 heteroatoms. The molecule has 11 heavy (non-hydrogen) atoms. The summed E-state index contributed by atoms with van der Waals surface area (Å²) in [5.74, 6) is 0.558. The molecular weight excluding hydrogens is 144 g/mol. The summed E-state index contributed by atoms with van der Waals surface area (Å²) in [7, 11) is 1.69. The van der Waals surface area contributed by atoms with Crippen molar-refractivity contribution < 1.29 is 0 Å². The molecule has 2 N–H and O–H groups in total. The van der Waals surface area contributed by atoms with Gasteiger partial charge in [0.25, 0.3) is 0 Å². The average molecular weight is 154 g/mol. The number of rotatable bonds is 4. The van der Waals surface area contributed by atoms with E-state index < -0.39 is 0 Å². The minimum Gasteiger partial charge on any atom is -0.375 e. The molecule has 0 amide bonds. The minimum atomic E-state index is 0.202. The Morgan fingerprint density at radius 3 is 3.00 bits per heavy atom. The van der Waals surface area contributed by atoms with Gasteiger partial charge in [0.05, 0.1) is 6.54 Å². The molecule has 0 saturated heterocycles. The van der Waals surface area contributed by atoms with Crippen molar-refractivity contribution >= 4 is 5.84 Å². The molecular formula is C5H10N6. The highest BCUT2D eigenvalue weighted by molar-refractivity contribution is 5.83. The molecule has 0 fully saturated rings. The molecule has 0 atom stereocenters. The van der Waals surface area contributed by atoms with E-state index in [1.54, 1.807) is 7.05 Å². The van der Waals surface area contributed by atoms with Crippen molar-refractivity contribution in [2.45, 2.75) is 0 Å². The Bertz CT molecular complexity index is 189. The lowest BCUT2D eigenvalue weighted by molar-refractivity contribution is 0.927. The Morgan fingerprint density at radius 1 is 1.82 bits per heavy atom. The summed E-state index contributed by atoms with van der Waals surface area (Å²) < 4.78 is 0. The summed E-state index contributed by atoms with van der Waals surface area (Å²) in [5.41, 5.74) is 10.5. The van der Waals surface area contributed by atoms with Gasteiger partial charge in [-0.25, -0.2) is 0 Å². The number of nitrogens with one attached hydrogen (secondary N) is 2. The van der Waals surface area contributed by atoms with Crippen LogP contribution in [0, 0.1) is 0 Å². The maximum Gasteiger partial charge on any atom is 0.128 e. The lowest BCUT2D eigenvalue weighted by Crippen LogP contribution is -2.23. The first-order valence-electron chi connectivity index (χ1n) is 2.96. The molecule has 0 aromatic carbocycles. The highest BCUT2D eigenvalue weighted by Crippen LogP contribution is 1.74. The molecule has 60 valence electrons. The van der Waals surface area contributed by atoms with Gasteiger partial charge >= 0.3 is 0 Å². The van der Waals surface area contributed by atoms with Gasteiger partial charge in [-0.2, -0.15) is 5.10 Å². The van der Waals surface area contributed by atoms with E-state index in [0.717, 1.165) is 0 Å². The largest absolute Gasteiger partial charge is 0.375 e. The normalized spacial score (nSPS) is 9.73. The van der Waals surface area contributed by atoms with Crippen molar-refractivity contribution in [3.63, 3.8) is 0 Å². The lowest BCUT2D eigenvalue weighted by atomic mass is 10.6. The van der Waals surface area contributed by atoms with E-state index in [4.69, 9.17) is 5.53 Å². The maximum absolute atomic E-state index is 7.97. The Balaban J connectivity index is 3.92. The van der Waals surface area contributed by atoms with Gasteiger partial charge in [-0.1, -0.05) is 11.7 Å². The SMILES string of the molecule is C=CN/N=C(/CN=[N+]=[N-])NC. The van der Waals surface area contributed by atoms with Crippen LogP contribution in [-0.2, 0) is 0 Å². The standard InChI is InChI=1S/C5H10N6/c1-3-8-10-5(7-2)4-9-11-6/h3,8H,1,4H2,2H3,(H,7,10). The molecule has 0 aromatic heterocycles. The third-order valence-corrected chi connectivity index (χ3v) is 0.863. The molecule has 0 aliphatic carbocycles. The number of nitrogens with zero attached hydrogens (tertiary/aromatic N) is 4. The van der Waals surface area contributed by atoms with Crippen molar-refractivity contribution in [2.24, 2.45) is 10.2 Å². The highest BCUT2D eigenvalue weighted by Gasteiger charge is 1.89. The van der Waals surface area contributed by atoms with E-state index in [-0.39, 0.29) is 6.54 Å². The van der Waals surface area contributed by atoms with Crippen molar-refractivity contribution in [3.05, 3.63) is 23.2 Å². The molecule has 0 saturated carbocycles. The third-order valence-electron chi connectivity index (χ3n) is 0.863. The summed E-state index contributed by atoms with van der Waals surface area (Å²) >= 11 is 0. The van der Waals surface area contributed by atoms with Crippen LogP contribution < -0.4 is 10.7 Å². The van der Waals surface area contributed by atoms with Crippen LogP contribution in [0.4, 0.5) is 0 Å². The number of amidine groups is 1. The van der Waals surface area contributed by atoms with Crippen molar-refractivity contribution in [1.82, 2.24) is 10.7 Å². The maximum atomic E-state index is 7.97. The quantitative estimate of drug-likeness (QED) is 0.155. The zero-order chi connectivity index (χ0) is 8.53. The number of likely N-dealkylation sites (N-methyl/N-ethyl adjacent to an activating group) is 1. The van der Waals surface area contributed by atoms with Crippen LogP contribution in [0.2, 0.25) is 0 Å². The lowest BCUT2D eigenvalue weighted by Gasteiger charge is -1.99. The Hall–Kier alpha value is -1.68. The van der Waals surface area contributed by atoms with E-state index in [9.17, 15) is 0 Å². The molecule has 0 aromatic rings. The second-order valence-corrected chi connectivity index (χ2v) is 1.53. The molecule has 0 radical (unpaired) electrons. The molecule has 0 aliphatic heterocycles. The van der Waals surface area contributed by atoms with Crippen LogP contribution in [0.3, 0.4) is 0 Å². The number of hydrogen-bond donors (Lipinski definition) is 2. The Kier molecular flexibility index (Phi) is 5.46. The van der Waals surface area contributed by atoms with Crippen LogP contribution in [-0.4, -0.2) is 19.4 Å². The van der Waals surface area contributed by atoms with Gasteiger partial charge in [0.2, 0.25) is 0 Å². The summed E-state index contributed by atoms with van der Waals surface area (Å²) in [4.78, 5) is 2.58. The number of hydrogen-bond acceptors (Lipinski definition) is 3. The molecule has 0 heterocycles. The smallest absolute Gasteiger partial charge is 0.128 e. The van der Waals surface area contributed by atoms with E-state index in [2.05, 4.69) is 32.4 Å². The minimum absolute atomic E-state index is 0.202. The number of azide groups is 1. The number of hydrazone groups is 1. The first-order chi connectivity index (χ1) is 5.35. The molecule has 0 rings (SSSR count). The predicted octanol–water partition coefficient (Wildman–Crippen LogP) is 0.563. The van der Waals surface area contributed by atoms with E-state index in [0.29, 0.717) is 5.84 Å². The Labute approximate surface area is 64.6 Å². The fourth-order valence-electron chi connectivity index (χ4n) is 0.392. The fraction of sp³-hybridized carbons (Fsp3) is 0.400.